The van der Waals surface area contributed by atoms with Gasteiger partial charge in [0.05, 0.1) is 5.92 Å². The van der Waals surface area contributed by atoms with E-state index >= 15 is 0 Å². The summed E-state index contributed by atoms with van der Waals surface area (Å²) in [6.45, 7) is 0. The maximum Gasteiger partial charge on any atom is 0.232 e. The lowest BCUT2D eigenvalue weighted by Crippen LogP contribution is -2.20. The molecule has 17 heavy (non-hydrogen) atoms. The Bertz CT molecular complexity index is 232. The van der Waals surface area contributed by atoms with Crippen molar-refractivity contribution in [2.24, 2.45) is 5.92 Å². The van der Waals surface area contributed by atoms with E-state index in [-0.39, 0.29) is 5.78 Å². The summed E-state index contributed by atoms with van der Waals surface area (Å²) in [5, 5.41) is -0.540. The normalized spacial score (nSPS) is 12.4. The van der Waals surface area contributed by atoms with Gasteiger partial charge in [-0.05, 0) is 37.3 Å². The molecule has 0 fully saturated rings. The molecule has 0 N–H and O–H groups in total. The second-order valence-electron chi connectivity index (χ2n) is 4.01. The number of carbonyl (C=O) groups excluding carboxylic acids is 2. The van der Waals surface area contributed by atoms with Crippen molar-refractivity contribution in [1.29, 1.82) is 0 Å². The minimum atomic E-state index is -0.643. The molecule has 0 amide bonds. The molecule has 0 saturated heterocycles. The first kappa shape index (κ1) is 17.2. The van der Waals surface area contributed by atoms with Crippen LogP contribution < -0.4 is 0 Å². The zero-order chi connectivity index (χ0) is 13.1. The van der Waals surface area contributed by atoms with Gasteiger partial charge in [-0.1, -0.05) is 12.8 Å². The van der Waals surface area contributed by atoms with Crippen molar-refractivity contribution in [3.63, 3.8) is 0 Å². The molecule has 0 bridgehead atoms. The molecule has 2 nitrogen and oxygen atoms in total. The van der Waals surface area contributed by atoms with Gasteiger partial charge >= 0.3 is 0 Å². The summed E-state index contributed by atoms with van der Waals surface area (Å²) >= 11 is 16.5. The van der Waals surface area contributed by atoms with Crippen molar-refractivity contribution in [3.8, 4) is 0 Å². The van der Waals surface area contributed by atoms with Crippen LogP contribution in [0.1, 0.15) is 44.9 Å². The molecule has 100 valence electrons. The van der Waals surface area contributed by atoms with Crippen LogP contribution in [0.2, 0.25) is 0 Å². The van der Waals surface area contributed by atoms with E-state index in [1.165, 1.54) is 0 Å². The number of hydrogen-bond donors (Lipinski definition) is 0. The second kappa shape index (κ2) is 11.3. The predicted octanol–water partition coefficient (Wildman–Crippen LogP) is 4.15. The number of rotatable bonds is 11. The van der Waals surface area contributed by atoms with E-state index in [9.17, 15) is 9.59 Å². The lowest BCUT2D eigenvalue weighted by molar-refractivity contribution is -0.129. The fourth-order valence-electron chi connectivity index (χ4n) is 1.59. The average Bonchev–Trinajstić information content (AvgIpc) is 2.29. The van der Waals surface area contributed by atoms with E-state index in [1.54, 1.807) is 0 Å². The molecule has 0 rings (SSSR count). The van der Waals surface area contributed by atoms with Crippen LogP contribution in [0, 0.1) is 5.92 Å². The Kier molecular flexibility index (Phi) is 11.4. The van der Waals surface area contributed by atoms with Crippen LogP contribution in [0.5, 0.6) is 0 Å². The molecule has 0 aliphatic heterocycles. The molecule has 1 unspecified atom stereocenters. The Labute approximate surface area is 118 Å². The van der Waals surface area contributed by atoms with E-state index < -0.39 is 11.2 Å². The van der Waals surface area contributed by atoms with Gasteiger partial charge in [-0.2, -0.15) is 0 Å². The number of halogens is 3. The molecule has 0 aliphatic carbocycles. The summed E-state index contributed by atoms with van der Waals surface area (Å²) in [7, 11) is 0. The quantitative estimate of drug-likeness (QED) is 0.249. The van der Waals surface area contributed by atoms with Gasteiger partial charge in [0.25, 0.3) is 0 Å². The molecule has 5 heteroatoms. The molecule has 0 aromatic rings. The van der Waals surface area contributed by atoms with Gasteiger partial charge in [0.1, 0.15) is 5.78 Å². The SMILES string of the molecule is O=C(Cl)C(CCCCCl)C(=O)CCCCCCl. The molecule has 0 saturated carbocycles. The Morgan fingerprint density at radius 1 is 0.882 bits per heavy atom. The highest BCUT2D eigenvalue weighted by atomic mass is 35.5. The van der Waals surface area contributed by atoms with Crippen LogP contribution in [0.25, 0.3) is 0 Å². The van der Waals surface area contributed by atoms with Crippen LogP contribution in [-0.2, 0) is 9.59 Å². The molecule has 0 aromatic carbocycles. The Hall–Kier alpha value is 0.210. The third-order valence-electron chi connectivity index (χ3n) is 2.60. The van der Waals surface area contributed by atoms with Gasteiger partial charge in [-0.25, -0.2) is 0 Å². The topological polar surface area (TPSA) is 34.1 Å². The van der Waals surface area contributed by atoms with Gasteiger partial charge in [0.2, 0.25) is 5.24 Å². The van der Waals surface area contributed by atoms with Crippen LogP contribution in [0.3, 0.4) is 0 Å². The smallest absolute Gasteiger partial charge is 0.232 e. The molecular formula is C12H19Cl3O2. The van der Waals surface area contributed by atoms with Crippen LogP contribution >= 0.6 is 34.8 Å². The highest BCUT2D eigenvalue weighted by Crippen LogP contribution is 2.17. The largest absolute Gasteiger partial charge is 0.299 e. The first-order valence-corrected chi connectivity index (χ1v) is 7.42. The van der Waals surface area contributed by atoms with Crippen molar-refractivity contribution < 1.29 is 9.59 Å². The fraction of sp³-hybridized carbons (Fsp3) is 0.833. The number of ketones is 1. The summed E-state index contributed by atoms with van der Waals surface area (Å²) in [6, 6.07) is 0. The van der Waals surface area contributed by atoms with E-state index in [4.69, 9.17) is 34.8 Å². The summed E-state index contributed by atoms with van der Waals surface area (Å²) in [5.74, 6) is 0.472. The number of Topliss-reactive ketones (excluding diaryl/α,β-unsaturated/α-hetero) is 1. The lowest BCUT2D eigenvalue weighted by Gasteiger charge is -2.10. The number of carbonyl (C=O) groups is 2. The van der Waals surface area contributed by atoms with E-state index in [0.29, 0.717) is 24.6 Å². The van der Waals surface area contributed by atoms with Gasteiger partial charge in [0, 0.05) is 18.2 Å². The van der Waals surface area contributed by atoms with E-state index in [0.717, 1.165) is 32.1 Å². The number of hydrogen-bond acceptors (Lipinski definition) is 2. The maximum absolute atomic E-state index is 11.8. The average molecular weight is 302 g/mol. The van der Waals surface area contributed by atoms with Crippen molar-refractivity contribution in [2.45, 2.75) is 44.9 Å². The van der Waals surface area contributed by atoms with Crippen molar-refractivity contribution in [1.82, 2.24) is 0 Å². The molecule has 1 atom stereocenters. The Balaban J connectivity index is 3.93. The number of alkyl halides is 2. The summed E-state index contributed by atoms with van der Waals surface area (Å²) in [4.78, 5) is 22.9. The molecular weight excluding hydrogens is 282 g/mol. The molecule has 0 spiro atoms. The van der Waals surface area contributed by atoms with Crippen LogP contribution in [0.4, 0.5) is 0 Å². The van der Waals surface area contributed by atoms with E-state index in [2.05, 4.69) is 0 Å². The Morgan fingerprint density at radius 2 is 1.47 bits per heavy atom. The second-order valence-corrected chi connectivity index (χ2v) is 5.14. The summed E-state index contributed by atoms with van der Waals surface area (Å²) < 4.78 is 0. The van der Waals surface area contributed by atoms with Crippen LogP contribution in [0.15, 0.2) is 0 Å². The highest BCUT2D eigenvalue weighted by molar-refractivity contribution is 6.65. The minimum Gasteiger partial charge on any atom is -0.299 e. The molecule has 0 radical (unpaired) electrons. The van der Waals surface area contributed by atoms with Gasteiger partial charge in [0.15, 0.2) is 0 Å². The maximum atomic E-state index is 11.8. The summed E-state index contributed by atoms with van der Waals surface area (Å²) in [5.41, 5.74) is 0. The molecule has 0 heterocycles. The van der Waals surface area contributed by atoms with Gasteiger partial charge in [-0.3, -0.25) is 9.59 Å². The fourth-order valence-corrected chi connectivity index (χ4v) is 2.20. The van der Waals surface area contributed by atoms with Gasteiger partial charge < -0.3 is 0 Å². The molecule has 0 aliphatic rings. The molecule has 0 aromatic heterocycles. The lowest BCUT2D eigenvalue weighted by atomic mass is 9.95. The highest BCUT2D eigenvalue weighted by Gasteiger charge is 2.23. The first-order chi connectivity index (χ1) is 8.13. The van der Waals surface area contributed by atoms with E-state index in [1.807, 2.05) is 0 Å². The monoisotopic (exact) mass is 300 g/mol. The zero-order valence-electron chi connectivity index (χ0n) is 9.89. The van der Waals surface area contributed by atoms with Crippen LogP contribution in [-0.4, -0.2) is 22.8 Å². The van der Waals surface area contributed by atoms with Crippen molar-refractivity contribution in [2.75, 3.05) is 11.8 Å². The minimum absolute atomic E-state index is 0.0471. The first-order valence-electron chi connectivity index (χ1n) is 5.97. The predicted molar refractivity (Wildman–Crippen MR) is 73.1 cm³/mol. The standard InChI is InChI=1S/C12H19Cl3O2/c13-8-4-1-2-7-11(16)10(12(15)17)6-3-5-9-14/h10H,1-9H2. The zero-order valence-corrected chi connectivity index (χ0v) is 12.2. The van der Waals surface area contributed by atoms with Gasteiger partial charge in [-0.15, -0.1) is 23.2 Å². The van der Waals surface area contributed by atoms with Crippen molar-refractivity contribution in [3.05, 3.63) is 0 Å². The van der Waals surface area contributed by atoms with Crippen molar-refractivity contribution >= 4 is 45.8 Å². The third-order valence-corrected chi connectivity index (χ3v) is 3.39. The third kappa shape index (κ3) is 8.87. The summed E-state index contributed by atoms with van der Waals surface area (Å²) in [6.07, 6.45) is 5.11. The Morgan fingerprint density at radius 3 is 2.00 bits per heavy atom. The number of unbranched alkanes of at least 4 members (excludes halogenated alkanes) is 3.